The van der Waals surface area contributed by atoms with Gasteiger partial charge in [-0.3, -0.25) is 9.69 Å². The van der Waals surface area contributed by atoms with Crippen molar-refractivity contribution in [3.05, 3.63) is 0 Å². The summed E-state index contributed by atoms with van der Waals surface area (Å²) in [5, 5.41) is 6.43. The Morgan fingerprint density at radius 2 is 2.35 bits per heavy atom. The molecule has 0 spiro atoms. The average Bonchev–Trinajstić information content (AvgIpc) is 2.72. The maximum atomic E-state index is 11.8. The number of nitrogens with one attached hydrogen (secondary N) is 2. The molecule has 0 radical (unpaired) electrons. The summed E-state index contributed by atoms with van der Waals surface area (Å²) >= 11 is 2.00. The zero-order chi connectivity index (χ0) is 11.9. The lowest BCUT2D eigenvalue weighted by molar-refractivity contribution is -0.122. The summed E-state index contributed by atoms with van der Waals surface area (Å²) in [6.45, 7) is 5.57. The topological polar surface area (TPSA) is 44.4 Å². The molecule has 2 saturated heterocycles. The number of hydrogen-bond acceptors (Lipinski definition) is 4. The highest BCUT2D eigenvalue weighted by molar-refractivity contribution is 7.99. The Labute approximate surface area is 108 Å². The van der Waals surface area contributed by atoms with E-state index in [0.717, 1.165) is 39.1 Å². The third-order valence-corrected chi connectivity index (χ3v) is 4.64. The molecular weight excluding hydrogens is 234 g/mol. The number of rotatable bonds is 4. The number of nitrogens with zero attached hydrogens (tertiary/aromatic N) is 1. The fourth-order valence-corrected chi connectivity index (χ4v) is 3.61. The highest BCUT2D eigenvalue weighted by atomic mass is 32.2. The minimum atomic E-state index is 0.198. The second kappa shape index (κ2) is 7.24. The van der Waals surface area contributed by atoms with Gasteiger partial charge in [0.15, 0.2) is 0 Å². The van der Waals surface area contributed by atoms with Gasteiger partial charge in [0.1, 0.15) is 0 Å². The number of thioether (sulfide) groups is 1. The molecule has 5 heteroatoms. The van der Waals surface area contributed by atoms with Crippen molar-refractivity contribution in [3.63, 3.8) is 0 Å². The summed E-state index contributed by atoms with van der Waals surface area (Å²) in [5.74, 6) is 3.38. The molecule has 4 nitrogen and oxygen atoms in total. The smallest absolute Gasteiger partial charge is 0.234 e. The summed E-state index contributed by atoms with van der Waals surface area (Å²) in [4.78, 5) is 14.0. The lowest BCUT2D eigenvalue weighted by Crippen LogP contribution is -2.40. The Balaban J connectivity index is 1.61. The van der Waals surface area contributed by atoms with E-state index in [-0.39, 0.29) is 5.91 Å². The van der Waals surface area contributed by atoms with Crippen molar-refractivity contribution < 1.29 is 4.79 Å². The first-order chi connectivity index (χ1) is 8.34. The maximum absolute atomic E-state index is 11.8. The molecule has 2 fully saturated rings. The van der Waals surface area contributed by atoms with Gasteiger partial charge in [-0.15, -0.1) is 0 Å². The lowest BCUT2D eigenvalue weighted by atomic mass is 10.1. The molecule has 1 amide bonds. The molecular formula is C12H23N3OS. The number of carbonyl (C=O) groups is 1. The van der Waals surface area contributed by atoms with Crippen LogP contribution in [-0.4, -0.2) is 61.6 Å². The SMILES string of the molecule is O=C(CN1CCCNCC1)NCC1CCSC1. The van der Waals surface area contributed by atoms with Crippen molar-refractivity contribution in [3.8, 4) is 0 Å². The van der Waals surface area contributed by atoms with Crippen LogP contribution in [-0.2, 0) is 4.79 Å². The fraction of sp³-hybridized carbons (Fsp3) is 0.917. The standard InChI is InChI=1S/C12H23N3OS/c16-12(14-8-11-2-7-17-10-11)9-15-5-1-3-13-4-6-15/h11,13H,1-10H2,(H,14,16). The lowest BCUT2D eigenvalue weighted by Gasteiger charge is -2.19. The van der Waals surface area contributed by atoms with E-state index in [0.29, 0.717) is 12.5 Å². The van der Waals surface area contributed by atoms with Gasteiger partial charge in [0.05, 0.1) is 6.54 Å². The zero-order valence-electron chi connectivity index (χ0n) is 10.4. The van der Waals surface area contributed by atoms with Crippen LogP contribution >= 0.6 is 11.8 Å². The third kappa shape index (κ3) is 4.85. The van der Waals surface area contributed by atoms with Crippen LogP contribution in [0, 0.1) is 5.92 Å². The van der Waals surface area contributed by atoms with Crippen LogP contribution in [0.5, 0.6) is 0 Å². The highest BCUT2D eigenvalue weighted by Crippen LogP contribution is 2.22. The molecule has 0 aliphatic carbocycles. The van der Waals surface area contributed by atoms with E-state index < -0.39 is 0 Å². The Hall–Kier alpha value is -0.260. The van der Waals surface area contributed by atoms with Gasteiger partial charge in [0.25, 0.3) is 0 Å². The minimum Gasteiger partial charge on any atom is -0.355 e. The van der Waals surface area contributed by atoms with Crippen molar-refractivity contribution in [2.24, 2.45) is 5.92 Å². The van der Waals surface area contributed by atoms with Gasteiger partial charge in [-0.2, -0.15) is 11.8 Å². The Morgan fingerprint density at radius 1 is 1.41 bits per heavy atom. The molecule has 2 aliphatic heterocycles. The summed E-state index contributed by atoms with van der Waals surface area (Å²) < 4.78 is 0. The van der Waals surface area contributed by atoms with E-state index in [2.05, 4.69) is 15.5 Å². The van der Waals surface area contributed by atoms with Gasteiger partial charge in [0.2, 0.25) is 5.91 Å². The first-order valence-corrected chi connectivity index (χ1v) is 7.77. The van der Waals surface area contributed by atoms with Crippen LogP contribution in [0.2, 0.25) is 0 Å². The predicted octanol–water partition coefficient (Wildman–Crippen LogP) is 0.151. The van der Waals surface area contributed by atoms with Crippen molar-refractivity contribution in [2.75, 3.05) is 50.8 Å². The summed E-state index contributed by atoms with van der Waals surface area (Å²) in [6, 6.07) is 0. The van der Waals surface area contributed by atoms with Crippen LogP contribution in [0.15, 0.2) is 0 Å². The number of carbonyl (C=O) groups excluding carboxylic acids is 1. The van der Waals surface area contributed by atoms with Crippen LogP contribution in [0.25, 0.3) is 0 Å². The van der Waals surface area contributed by atoms with Crippen molar-refractivity contribution >= 4 is 17.7 Å². The van der Waals surface area contributed by atoms with E-state index in [1.54, 1.807) is 0 Å². The molecule has 2 rings (SSSR count). The van der Waals surface area contributed by atoms with E-state index in [1.165, 1.54) is 17.9 Å². The summed E-state index contributed by atoms with van der Waals surface area (Å²) in [5.41, 5.74) is 0. The van der Waals surface area contributed by atoms with Gasteiger partial charge in [-0.05, 0) is 43.4 Å². The van der Waals surface area contributed by atoms with Crippen molar-refractivity contribution in [1.82, 2.24) is 15.5 Å². The average molecular weight is 257 g/mol. The number of hydrogen-bond donors (Lipinski definition) is 2. The molecule has 98 valence electrons. The Bertz CT molecular complexity index is 236. The molecule has 0 bridgehead atoms. The van der Waals surface area contributed by atoms with E-state index in [9.17, 15) is 4.79 Å². The molecule has 1 unspecified atom stereocenters. The summed E-state index contributed by atoms with van der Waals surface area (Å²) in [7, 11) is 0. The molecule has 2 aliphatic rings. The van der Waals surface area contributed by atoms with Crippen LogP contribution < -0.4 is 10.6 Å². The first kappa shape index (κ1) is 13.2. The monoisotopic (exact) mass is 257 g/mol. The molecule has 1 atom stereocenters. The minimum absolute atomic E-state index is 0.198. The van der Waals surface area contributed by atoms with E-state index in [1.807, 2.05) is 11.8 Å². The molecule has 0 aromatic heterocycles. The fourth-order valence-electron chi connectivity index (χ4n) is 2.32. The second-order valence-electron chi connectivity index (χ2n) is 4.91. The first-order valence-electron chi connectivity index (χ1n) is 6.62. The highest BCUT2D eigenvalue weighted by Gasteiger charge is 2.17. The normalized spacial score (nSPS) is 26.7. The van der Waals surface area contributed by atoms with Crippen molar-refractivity contribution in [2.45, 2.75) is 12.8 Å². The molecule has 0 aromatic carbocycles. The van der Waals surface area contributed by atoms with Gasteiger partial charge in [-0.1, -0.05) is 0 Å². The second-order valence-corrected chi connectivity index (χ2v) is 6.06. The van der Waals surface area contributed by atoms with Gasteiger partial charge >= 0.3 is 0 Å². The van der Waals surface area contributed by atoms with Crippen molar-refractivity contribution in [1.29, 1.82) is 0 Å². The number of amides is 1. The van der Waals surface area contributed by atoms with Gasteiger partial charge in [-0.25, -0.2) is 0 Å². The molecule has 0 aromatic rings. The Kier molecular flexibility index (Phi) is 5.61. The quantitative estimate of drug-likeness (QED) is 0.752. The van der Waals surface area contributed by atoms with Gasteiger partial charge < -0.3 is 10.6 Å². The molecule has 2 heterocycles. The molecule has 17 heavy (non-hydrogen) atoms. The summed E-state index contributed by atoms with van der Waals surface area (Å²) in [6.07, 6.45) is 2.41. The predicted molar refractivity (Wildman–Crippen MR) is 72.4 cm³/mol. The van der Waals surface area contributed by atoms with Crippen LogP contribution in [0.4, 0.5) is 0 Å². The van der Waals surface area contributed by atoms with Crippen LogP contribution in [0.3, 0.4) is 0 Å². The van der Waals surface area contributed by atoms with Crippen LogP contribution in [0.1, 0.15) is 12.8 Å². The van der Waals surface area contributed by atoms with E-state index in [4.69, 9.17) is 0 Å². The van der Waals surface area contributed by atoms with Gasteiger partial charge in [0, 0.05) is 19.6 Å². The molecule has 0 saturated carbocycles. The largest absolute Gasteiger partial charge is 0.355 e. The maximum Gasteiger partial charge on any atom is 0.234 e. The third-order valence-electron chi connectivity index (χ3n) is 3.41. The van der Waals surface area contributed by atoms with E-state index >= 15 is 0 Å². The zero-order valence-corrected chi connectivity index (χ0v) is 11.2. The molecule has 2 N–H and O–H groups in total. The Morgan fingerprint density at radius 3 is 3.18 bits per heavy atom.